The van der Waals surface area contributed by atoms with Crippen molar-refractivity contribution in [1.82, 2.24) is 4.90 Å². The van der Waals surface area contributed by atoms with Gasteiger partial charge in [-0.25, -0.2) is 13.2 Å². The summed E-state index contributed by atoms with van der Waals surface area (Å²) in [5.74, 6) is 0. The van der Waals surface area contributed by atoms with E-state index in [1.807, 2.05) is 0 Å². The van der Waals surface area contributed by atoms with E-state index in [0.29, 0.717) is 28.6 Å². The first-order valence-electron chi connectivity index (χ1n) is 7.58. The van der Waals surface area contributed by atoms with Gasteiger partial charge in [0.05, 0.1) is 20.9 Å². The second-order valence-corrected chi connectivity index (χ2v) is 8.26. The number of anilines is 1. The number of halogens is 1. The normalized spacial score (nSPS) is 17.7. The standard InChI is InChI=1S/C17H17ClN2O3S/c18-15-8-4-5-9-16(15)19-17(21)20-11-10-14(12-20)24(22,23)13-6-2-1-3-7-13/h1-9,14H,10-12H2,(H,19,21). The molecule has 0 spiro atoms. The number of nitrogens with zero attached hydrogens (tertiary/aromatic N) is 1. The molecule has 0 bridgehead atoms. The quantitative estimate of drug-likeness (QED) is 0.907. The third-order valence-corrected chi connectivity index (χ3v) is 6.58. The van der Waals surface area contributed by atoms with Gasteiger partial charge in [0.25, 0.3) is 0 Å². The van der Waals surface area contributed by atoms with Crippen molar-refractivity contribution < 1.29 is 13.2 Å². The van der Waals surface area contributed by atoms with Crippen LogP contribution in [0.3, 0.4) is 0 Å². The zero-order valence-corrected chi connectivity index (χ0v) is 14.4. The lowest BCUT2D eigenvalue weighted by atomic mass is 10.3. The third-order valence-electron chi connectivity index (χ3n) is 4.06. The van der Waals surface area contributed by atoms with E-state index in [9.17, 15) is 13.2 Å². The first-order chi connectivity index (χ1) is 11.5. The van der Waals surface area contributed by atoms with Crippen LogP contribution in [-0.2, 0) is 9.84 Å². The summed E-state index contributed by atoms with van der Waals surface area (Å²) in [4.78, 5) is 14.1. The molecule has 1 aliphatic heterocycles. The Hall–Kier alpha value is -2.05. The van der Waals surface area contributed by atoms with Crippen molar-refractivity contribution in [3.05, 3.63) is 59.6 Å². The van der Waals surface area contributed by atoms with Gasteiger partial charge in [-0.1, -0.05) is 41.9 Å². The van der Waals surface area contributed by atoms with Crippen molar-refractivity contribution in [2.45, 2.75) is 16.6 Å². The molecule has 24 heavy (non-hydrogen) atoms. The number of benzene rings is 2. The largest absolute Gasteiger partial charge is 0.323 e. The number of sulfone groups is 1. The molecule has 0 aromatic heterocycles. The van der Waals surface area contributed by atoms with Crippen molar-refractivity contribution in [3.8, 4) is 0 Å². The van der Waals surface area contributed by atoms with Crippen molar-refractivity contribution in [3.63, 3.8) is 0 Å². The van der Waals surface area contributed by atoms with Gasteiger partial charge in [0.15, 0.2) is 9.84 Å². The number of carbonyl (C=O) groups excluding carboxylic acids is 1. The zero-order valence-electron chi connectivity index (χ0n) is 12.9. The average Bonchev–Trinajstić information content (AvgIpc) is 3.09. The Balaban J connectivity index is 1.69. The molecule has 5 nitrogen and oxygen atoms in total. The lowest BCUT2D eigenvalue weighted by Gasteiger charge is -2.18. The number of carbonyl (C=O) groups is 1. The summed E-state index contributed by atoms with van der Waals surface area (Å²) in [6.45, 7) is 0.570. The smallest absolute Gasteiger partial charge is 0.321 e. The van der Waals surface area contributed by atoms with E-state index in [1.54, 1.807) is 54.6 Å². The Kier molecular flexibility index (Phi) is 4.78. The molecule has 0 aliphatic carbocycles. The number of likely N-dealkylation sites (tertiary alicyclic amines) is 1. The van der Waals surface area contributed by atoms with E-state index in [0.717, 1.165) is 0 Å². The van der Waals surface area contributed by atoms with Crippen LogP contribution in [0.1, 0.15) is 6.42 Å². The van der Waals surface area contributed by atoms with Gasteiger partial charge in [-0.05, 0) is 30.7 Å². The number of hydrogen-bond acceptors (Lipinski definition) is 3. The molecule has 0 saturated carbocycles. The van der Waals surface area contributed by atoms with Crippen molar-refractivity contribution in [2.75, 3.05) is 18.4 Å². The van der Waals surface area contributed by atoms with Crippen LogP contribution in [0.2, 0.25) is 5.02 Å². The molecular weight excluding hydrogens is 348 g/mol. The molecule has 1 N–H and O–H groups in total. The highest BCUT2D eigenvalue weighted by molar-refractivity contribution is 7.92. The Labute approximate surface area is 146 Å². The van der Waals surface area contributed by atoms with Crippen molar-refractivity contribution in [2.24, 2.45) is 0 Å². The highest BCUT2D eigenvalue weighted by atomic mass is 35.5. The van der Waals surface area contributed by atoms with Crippen molar-refractivity contribution >= 4 is 33.2 Å². The topological polar surface area (TPSA) is 66.5 Å². The molecule has 2 amide bonds. The van der Waals surface area contributed by atoms with Crippen LogP contribution in [-0.4, -0.2) is 37.7 Å². The molecule has 1 aliphatic rings. The molecule has 1 fully saturated rings. The zero-order chi connectivity index (χ0) is 17.2. The van der Waals surface area contributed by atoms with Crippen molar-refractivity contribution in [1.29, 1.82) is 0 Å². The fourth-order valence-electron chi connectivity index (χ4n) is 2.73. The molecule has 1 saturated heterocycles. The highest BCUT2D eigenvalue weighted by Crippen LogP contribution is 2.25. The number of nitrogens with one attached hydrogen (secondary N) is 1. The van der Waals surface area contributed by atoms with E-state index in [2.05, 4.69) is 5.32 Å². The van der Waals surface area contributed by atoms with Gasteiger partial charge < -0.3 is 10.2 Å². The molecule has 1 heterocycles. The Morgan fingerprint density at radius 2 is 1.75 bits per heavy atom. The van der Waals surface area contributed by atoms with Crippen LogP contribution in [0, 0.1) is 0 Å². The fraction of sp³-hybridized carbons (Fsp3) is 0.235. The summed E-state index contributed by atoms with van der Waals surface area (Å²) in [6.07, 6.45) is 0.424. The number of para-hydroxylation sites is 1. The van der Waals surface area contributed by atoms with E-state index < -0.39 is 15.1 Å². The number of rotatable bonds is 3. The fourth-order valence-corrected chi connectivity index (χ4v) is 4.62. The minimum atomic E-state index is -3.43. The minimum absolute atomic E-state index is 0.174. The van der Waals surface area contributed by atoms with E-state index in [-0.39, 0.29) is 12.6 Å². The molecular formula is C17H17ClN2O3S. The molecule has 7 heteroatoms. The summed E-state index contributed by atoms with van der Waals surface area (Å²) in [5.41, 5.74) is 0.513. The molecule has 1 unspecified atom stereocenters. The molecule has 2 aromatic rings. The summed E-state index contributed by atoms with van der Waals surface area (Å²) in [7, 11) is -3.43. The second kappa shape index (κ2) is 6.83. The Bertz CT molecular complexity index is 840. The first kappa shape index (κ1) is 16.8. The molecule has 3 rings (SSSR count). The van der Waals surface area contributed by atoms with Gasteiger partial charge in [0.2, 0.25) is 0 Å². The lowest BCUT2D eigenvalue weighted by Crippen LogP contribution is -2.35. The summed E-state index contributed by atoms with van der Waals surface area (Å²) >= 11 is 6.03. The van der Waals surface area contributed by atoms with Crippen LogP contribution >= 0.6 is 11.6 Å². The monoisotopic (exact) mass is 364 g/mol. The van der Waals surface area contributed by atoms with Crippen LogP contribution in [0.5, 0.6) is 0 Å². The van der Waals surface area contributed by atoms with Crippen LogP contribution in [0.4, 0.5) is 10.5 Å². The average molecular weight is 365 g/mol. The molecule has 2 aromatic carbocycles. The predicted octanol–water partition coefficient (Wildman–Crippen LogP) is 3.42. The van der Waals surface area contributed by atoms with Crippen LogP contribution in [0.15, 0.2) is 59.5 Å². The SMILES string of the molecule is O=C(Nc1ccccc1Cl)N1CCC(S(=O)(=O)c2ccccc2)C1. The molecule has 1 atom stereocenters. The predicted molar refractivity (Wildman–Crippen MR) is 94.1 cm³/mol. The van der Waals surface area contributed by atoms with Crippen LogP contribution < -0.4 is 5.32 Å². The third kappa shape index (κ3) is 3.39. The Morgan fingerprint density at radius 1 is 1.08 bits per heavy atom. The number of amides is 2. The first-order valence-corrected chi connectivity index (χ1v) is 9.50. The maximum absolute atomic E-state index is 12.6. The van der Waals surface area contributed by atoms with Gasteiger partial charge in [0.1, 0.15) is 0 Å². The van der Waals surface area contributed by atoms with Gasteiger partial charge >= 0.3 is 6.03 Å². The van der Waals surface area contributed by atoms with Gasteiger partial charge in [0, 0.05) is 13.1 Å². The second-order valence-electron chi connectivity index (χ2n) is 5.62. The minimum Gasteiger partial charge on any atom is -0.323 e. The summed E-state index contributed by atoms with van der Waals surface area (Å²) < 4.78 is 25.3. The van der Waals surface area contributed by atoms with Gasteiger partial charge in [-0.15, -0.1) is 0 Å². The summed E-state index contributed by atoms with van der Waals surface area (Å²) in [5, 5.41) is 2.58. The van der Waals surface area contributed by atoms with Crippen LogP contribution in [0.25, 0.3) is 0 Å². The number of hydrogen-bond donors (Lipinski definition) is 1. The molecule has 126 valence electrons. The van der Waals surface area contributed by atoms with E-state index in [4.69, 9.17) is 11.6 Å². The molecule has 0 radical (unpaired) electrons. The van der Waals surface area contributed by atoms with Gasteiger partial charge in [-0.3, -0.25) is 0 Å². The van der Waals surface area contributed by atoms with Gasteiger partial charge in [-0.2, -0.15) is 0 Å². The maximum atomic E-state index is 12.6. The summed E-state index contributed by atoms with van der Waals surface area (Å²) in [6, 6.07) is 14.9. The van der Waals surface area contributed by atoms with E-state index >= 15 is 0 Å². The maximum Gasteiger partial charge on any atom is 0.321 e. The highest BCUT2D eigenvalue weighted by Gasteiger charge is 2.36. The number of urea groups is 1. The lowest BCUT2D eigenvalue weighted by molar-refractivity contribution is 0.222. The Morgan fingerprint density at radius 3 is 2.46 bits per heavy atom. The van der Waals surface area contributed by atoms with E-state index in [1.165, 1.54) is 4.90 Å².